The molecule has 0 fully saturated rings. The summed E-state index contributed by atoms with van der Waals surface area (Å²) in [5.41, 5.74) is 0. The average molecular weight is 535 g/mol. The average Bonchev–Trinajstić information content (AvgIpc) is 2.90. The third-order valence-electron chi connectivity index (χ3n) is 9.91. The van der Waals surface area contributed by atoms with Crippen molar-refractivity contribution in [2.45, 2.75) is 221 Å². The Morgan fingerprint density at radius 3 is 0.842 bits per heavy atom. The molecule has 0 aromatic rings. The van der Waals surface area contributed by atoms with Crippen molar-refractivity contribution in [3.8, 4) is 0 Å². The minimum atomic E-state index is 0.839. The topological polar surface area (TPSA) is 0 Å². The molecule has 3 unspecified atom stereocenters. The van der Waals surface area contributed by atoms with Gasteiger partial charge in [-0.25, -0.2) is 0 Å². The predicted molar refractivity (Wildman–Crippen MR) is 177 cm³/mol. The monoisotopic (exact) mass is 535 g/mol. The lowest BCUT2D eigenvalue weighted by Crippen LogP contribution is -2.23. The lowest BCUT2D eigenvalue weighted by molar-refractivity contribution is 0.188. The van der Waals surface area contributed by atoms with Crippen molar-refractivity contribution in [3.05, 3.63) is 0 Å². The van der Waals surface area contributed by atoms with Crippen molar-refractivity contribution in [2.75, 3.05) is 0 Å². The number of rotatable bonds is 31. The lowest BCUT2D eigenvalue weighted by Gasteiger charge is -2.31. The molecule has 0 heterocycles. The highest BCUT2D eigenvalue weighted by Gasteiger charge is 2.23. The van der Waals surface area contributed by atoms with Crippen molar-refractivity contribution < 1.29 is 0 Å². The molecule has 0 rings (SSSR count). The minimum Gasteiger partial charge on any atom is -0.0654 e. The van der Waals surface area contributed by atoms with Crippen LogP contribution in [0.25, 0.3) is 0 Å². The summed E-state index contributed by atoms with van der Waals surface area (Å²) >= 11 is 0. The van der Waals surface area contributed by atoms with E-state index in [0.29, 0.717) is 0 Å². The first kappa shape index (κ1) is 38.0. The van der Waals surface area contributed by atoms with Crippen LogP contribution in [0.5, 0.6) is 0 Å². The zero-order valence-corrected chi connectivity index (χ0v) is 28.1. The Kier molecular flexibility index (Phi) is 30.0. The highest BCUT2D eigenvalue weighted by Crippen LogP contribution is 2.32. The maximum atomic E-state index is 2.51. The van der Waals surface area contributed by atoms with Crippen molar-refractivity contribution in [1.29, 1.82) is 0 Å². The summed E-state index contributed by atoms with van der Waals surface area (Å²) < 4.78 is 0. The van der Waals surface area contributed by atoms with Crippen molar-refractivity contribution in [3.63, 3.8) is 0 Å². The minimum absolute atomic E-state index is 0.839. The van der Waals surface area contributed by atoms with E-state index in [1.54, 1.807) is 0 Å². The van der Waals surface area contributed by atoms with Gasteiger partial charge in [0.15, 0.2) is 0 Å². The van der Waals surface area contributed by atoms with E-state index in [0.717, 1.165) is 23.7 Å². The molecule has 0 aliphatic heterocycles. The van der Waals surface area contributed by atoms with Crippen LogP contribution >= 0.6 is 0 Å². The van der Waals surface area contributed by atoms with Crippen molar-refractivity contribution >= 4 is 0 Å². The SMILES string of the molecule is CCCCCCCCCCCCCCCCCCCCCCCCCCCCC(C)C(C)C(CC)C(C)C. The maximum Gasteiger partial charge on any atom is -0.0365 e. The van der Waals surface area contributed by atoms with Crippen LogP contribution in [0.1, 0.15) is 221 Å². The van der Waals surface area contributed by atoms with Gasteiger partial charge in [-0.3, -0.25) is 0 Å². The molecule has 0 aromatic carbocycles. The number of hydrogen-bond donors (Lipinski definition) is 0. The van der Waals surface area contributed by atoms with Crippen LogP contribution in [0, 0.1) is 23.7 Å². The molecule has 230 valence electrons. The van der Waals surface area contributed by atoms with Gasteiger partial charge in [-0.15, -0.1) is 0 Å². The highest BCUT2D eigenvalue weighted by atomic mass is 14.3. The van der Waals surface area contributed by atoms with Gasteiger partial charge in [-0.05, 0) is 23.7 Å². The van der Waals surface area contributed by atoms with Crippen LogP contribution in [-0.2, 0) is 0 Å². The van der Waals surface area contributed by atoms with Crippen LogP contribution < -0.4 is 0 Å². The molecule has 0 aliphatic rings. The van der Waals surface area contributed by atoms with Gasteiger partial charge in [0.25, 0.3) is 0 Å². The lowest BCUT2D eigenvalue weighted by atomic mass is 9.75. The fourth-order valence-electron chi connectivity index (χ4n) is 6.92. The third-order valence-corrected chi connectivity index (χ3v) is 9.91. The molecule has 0 aliphatic carbocycles. The normalized spacial score (nSPS) is 14.3. The van der Waals surface area contributed by atoms with E-state index in [9.17, 15) is 0 Å². The Balaban J connectivity index is 3.22. The van der Waals surface area contributed by atoms with Crippen LogP contribution in [0.2, 0.25) is 0 Å². The van der Waals surface area contributed by atoms with E-state index in [2.05, 4.69) is 41.5 Å². The maximum absolute atomic E-state index is 2.51. The fraction of sp³-hybridized carbons (Fsp3) is 1.00. The second kappa shape index (κ2) is 30.0. The van der Waals surface area contributed by atoms with Crippen LogP contribution in [-0.4, -0.2) is 0 Å². The molecule has 0 aromatic heterocycles. The van der Waals surface area contributed by atoms with Crippen molar-refractivity contribution in [2.24, 2.45) is 23.7 Å². The van der Waals surface area contributed by atoms with Crippen LogP contribution in [0.15, 0.2) is 0 Å². The Bertz CT molecular complexity index is 424. The molecule has 3 atom stereocenters. The van der Waals surface area contributed by atoms with Gasteiger partial charge in [0.05, 0.1) is 0 Å². The summed E-state index contributed by atoms with van der Waals surface area (Å²) in [6.45, 7) is 14.5. The smallest absolute Gasteiger partial charge is 0.0365 e. The summed E-state index contributed by atoms with van der Waals surface area (Å²) in [7, 11) is 0. The van der Waals surface area contributed by atoms with Crippen LogP contribution in [0.3, 0.4) is 0 Å². The first-order valence-electron chi connectivity index (χ1n) is 18.5. The summed E-state index contributed by atoms with van der Waals surface area (Å²) in [6.07, 6.45) is 41.2. The summed E-state index contributed by atoms with van der Waals surface area (Å²) in [4.78, 5) is 0. The van der Waals surface area contributed by atoms with E-state index >= 15 is 0 Å². The molecule has 0 spiro atoms. The van der Waals surface area contributed by atoms with E-state index in [1.807, 2.05) is 0 Å². The highest BCUT2D eigenvalue weighted by molar-refractivity contribution is 4.73. The Labute approximate surface area is 244 Å². The molecule has 0 saturated heterocycles. The summed E-state index contributed by atoms with van der Waals surface area (Å²) in [6, 6.07) is 0. The number of unbranched alkanes of at least 4 members (excludes halogenated alkanes) is 25. The van der Waals surface area contributed by atoms with Gasteiger partial charge >= 0.3 is 0 Å². The van der Waals surface area contributed by atoms with Crippen molar-refractivity contribution in [1.82, 2.24) is 0 Å². The molecular weight excluding hydrogens is 456 g/mol. The second-order valence-electron chi connectivity index (χ2n) is 13.8. The largest absolute Gasteiger partial charge is 0.0654 e. The first-order chi connectivity index (χ1) is 18.5. The summed E-state index contributed by atoms with van der Waals surface area (Å²) in [5.74, 6) is 3.54. The quantitative estimate of drug-likeness (QED) is 0.0775. The summed E-state index contributed by atoms with van der Waals surface area (Å²) in [5, 5.41) is 0. The Morgan fingerprint density at radius 2 is 0.605 bits per heavy atom. The molecule has 0 saturated carbocycles. The van der Waals surface area contributed by atoms with Gasteiger partial charge in [0.1, 0.15) is 0 Å². The molecule has 0 nitrogen and oxygen atoms in total. The molecule has 0 radical (unpaired) electrons. The van der Waals surface area contributed by atoms with Gasteiger partial charge < -0.3 is 0 Å². The van der Waals surface area contributed by atoms with E-state index in [4.69, 9.17) is 0 Å². The van der Waals surface area contributed by atoms with Gasteiger partial charge in [-0.2, -0.15) is 0 Å². The van der Waals surface area contributed by atoms with Gasteiger partial charge in [-0.1, -0.05) is 221 Å². The third kappa shape index (κ3) is 25.0. The molecule has 0 amide bonds. The fourth-order valence-corrected chi connectivity index (χ4v) is 6.92. The Hall–Kier alpha value is 0. The molecule has 0 heteroatoms. The second-order valence-corrected chi connectivity index (χ2v) is 13.8. The van der Waals surface area contributed by atoms with E-state index in [1.165, 1.54) is 180 Å². The van der Waals surface area contributed by atoms with E-state index in [-0.39, 0.29) is 0 Å². The molecule has 38 heavy (non-hydrogen) atoms. The predicted octanol–water partition coefficient (Wildman–Crippen LogP) is 14.5. The van der Waals surface area contributed by atoms with Crippen LogP contribution in [0.4, 0.5) is 0 Å². The molecule has 0 N–H and O–H groups in total. The Morgan fingerprint density at radius 1 is 0.342 bits per heavy atom. The zero-order valence-electron chi connectivity index (χ0n) is 28.1. The first-order valence-corrected chi connectivity index (χ1v) is 18.5. The number of hydrogen-bond acceptors (Lipinski definition) is 0. The molecular formula is C38H78. The molecule has 0 bridgehead atoms. The van der Waals surface area contributed by atoms with E-state index < -0.39 is 0 Å². The van der Waals surface area contributed by atoms with Gasteiger partial charge in [0, 0.05) is 0 Å². The van der Waals surface area contributed by atoms with Gasteiger partial charge in [0.2, 0.25) is 0 Å². The standard InChI is InChI=1S/C38H78/c1-7-9-10-11-12-13-14-15-16-17-18-19-20-21-22-23-24-25-26-27-28-29-30-31-32-33-34-36(5)37(6)38(8-2)35(3)4/h35-38H,7-34H2,1-6H3. The zero-order chi connectivity index (χ0) is 28.1.